The van der Waals surface area contributed by atoms with Crippen molar-refractivity contribution >= 4 is 40.7 Å². The molecule has 102 valence electrons. The molecule has 5 N–H and O–H groups in total. The van der Waals surface area contributed by atoms with E-state index in [0.717, 1.165) is 0 Å². The number of halogens is 2. The van der Waals surface area contributed by atoms with Crippen molar-refractivity contribution in [3.63, 3.8) is 0 Å². The number of aromatic hydroxyl groups is 1. The lowest BCUT2D eigenvalue weighted by Crippen LogP contribution is -2.37. The monoisotopic (exact) mass is 305 g/mol. The fourth-order valence-corrected chi connectivity index (χ4v) is 2.42. The maximum absolute atomic E-state index is 11.8. The Kier molecular flexibility index (Phi) is 3.44. The third-order valence-corrected chi connectivity index (χ3v) is 3.59. The highest BCUT2D eigenvalue weighted by atomic mass is 35.5. The van der Waals surface area contributed by atoms with Crippen molar-refractivity contribution in [3.8, 4) is 11.5 Å². The Morgan fingerprint density at radius 1 is 1.47 bits per heavy atom. The van der Waals surface area contributed by atoms with E-state index < -0.39 is 23.5 Å². The van der Waals surface area contributed by atoms with E-state index in [1.165, 1.54) is 7.11 Å². The van der Waals surface area contributed by atoms with Crippen LogP contribution < -0.4 is 21.3 Å². The smallest absolute Gasteiger partial charge is 0.251 e. The van der Waals surface area contributed by atoms with Crippen molar-refractivity contribution in [3.05, 3.63) is 15.6 Å². The van der Waals surface area contributed by atoms with E-state index in [-0.39, 0.29) is 27.0 Å². The second-order valence-corrected chi connectivity index (χ2v) is 4.49. The van der Waals surface area contributed by atoms with Gasteiger partial charge in [0.05, 0.1) is 17.8 Å². The number of carbonyl (C=O) groups excluding carboxylic acids is 2. The van der Waals surface area contributed by atoms with Crippen LogP contribution in [0, 0.1) is 0 Å². The molecule has 2 rings (SSSR count). The van der Waals surface area contributed by atoms with Gasteiger partial charge in [-0.1, -0.05) is 23.2 Å². The Bertz CT molecular complexity index is 591. The molecule has 19 heavy (non-hydrogen) atoms. The zero-order valence-corrected chi connectivity index (χ0v) is 11.1. The molecule has 0 fully saturated rings. The SMILES string of the molecule is COc1c(O)c2c(c(Cl)c1Cl)NC(=O)C2C(=O)NN. The minimum Gasteiger partial charge on any atom is -0.504 e. The molecule has 1 unspecified atom stereocenters. The van der Waals surface area contributed by atoms with Crippen molar-refractivity contribution in [2.45, 2.75) is 5.92 Å². The topological polar surface area (TPSA) is 114 Å². The summed E-state index contributed by atoms with van der Waals surface area (Å²) in [6, 6.07) is 0. The largest absolute Gasteiger partial charge is 0.504 e. The molecule has 1 atom stereocenters. The minimum atomic E-state index is -1.32. The number of benzene rings is 1. The number of nitrogens with one attached hydrogen (secondary N) is 2. The molecule has 9 heteroatoms. The lowest BCUT2D eigenvalue weighted by molar-refractivity contribution is -0.128. The first kappa shape index (κ1) is 13.7. The van der Waals surface area contributed by atoms with Gasteiger partial charge >= 0.3 is 0 Å². The number of rotatable bonds is 2. The van der Waals surface area contributed by atoms with E-state index in [1.54, 1.807) is 0 Å². The quantitative estimate of drug-likeness (QED) is 0.278. The van der Waals surface area contributed by atoms with Gasteiger partial charge in [-0.05, 0) is 0 Å². The van der Waals surface area contributed by atoms with Crippen LogP contribution in [0.2, 0.25) is 10.0 Å². The van der Waals surface area contributed by atoms with Crippen LogP contribution in [0.3, 0.4) is 0 Å². The van der Waals surface area contributed by atoms with Crippen LogP contribution in [0.4, 0.5) is 5.69 Å². The standard InChI is InChI=1S/C10H9Cl2N3O4/c1-19-8-5(12)4(11)6-2(7(8)16)3(9(17)14-6)10(18)15-13/h3,16H,13H2,1H3,(H,14,17)(H,15,18). The highest BCUT2D eigenvalue weighted by molar-refractivity contribution is 6.46. The predicted molar refractivity (Wildman–Crippen MR) is 68.4 cm³/mol. The molecule has 0 bridgehead atoms. The van der Waals surface area contributed by atoms with Gasteiger partial charge < -0.3 is 15.2 Å². The van der Waals surface area contributed by atoms with Crippen molar-refractivity contribution in [1.29, 1.82) is 0 Å². The van der Waals surface area contributed by atoms with Crippen LogP contribution in [0.15, 0.2) is 0 Å². The molecular weight excluding hydrogens is 297 g/mol. The van der Waals surface area contributed by atoms with Gasteiger partial charge in [0.1, 0.15) is 10.9 Å². The number of hydrogen-bond acceptors (Lipinski definition) is 5. The first-order valence-corrected chi connectivity index (χ1v) is 5.78. The van der Waals surface area contributed by atoms with Gasteiger partial charge in [-0.3, -0.25) is 15.0 Å². The van der Waals surface area contributed by atoms with Gasteiger partial charge in [-0.2, -0.15) is 0 Å². The van der Waals surface area contributed by atoms with Crippen molar-refractivity contribution < 1.29 is 19.4 Å². The van der Waals surface area contributed by atoms with Gasteiger partial charge in [0.25, 0.3) is 5.91 Å². The fraction of sp³-hybridized carbons (Fsp3) is 0.200. The number of phenols is 1. The average Bonchev–Trinajstić information content (AvgIpc) is 2.74. The normalized spacial score (nSPS) is 16.8. The van der Waals surface area contributed by atoms with Gasteiger partial charge in [-0.15, -0.1) is 0 Å². The van der Waals surface area contributed by atoms with Crippen LogP contribution in [0.5, 0.6) is 11.5 Å². The highest BCUT2D eigenvalue weighted by Gasteiger charge is 2.42. The number of carbonyl (C=O) groups is 2. The van der Waals surface area contributed by atoms with E-state index in [9.17, 15) is 14.7 Å². The summed E-state index contributed by atoms with van der Waals surface area (Å²) in [4.78, 5) is 23.4. The molecule has 7 nitrogen and oxygen atoms in total. The fourth-order valence-electron chi connectivity index (χ4n) is 1.92. The third kappa shape index (κ3) is 1.86. The summed E-state index contributed by atoms with van der Waals surface area (Å²) in [6.07, 6.45) is 0. The number of phenolic OH excluding ortho intramolecular Hbond substituents is 1. The Labute approximate surface area is 117 Å². The second-order valence-electron chi connectivity index (χ2n) is 3.73. The second kappa shape index (κ2) is 4.76. The lowest BCUT2D eigenvalue weighted by atomic mass is 9.98. The number of hydrazine groups is 1. The number of amides is 2. The van der Waals surface area contributed by atoms with Crippen molar-refractivity contribution in [1.82, 2.24) is 5.43 Å². The Hall–Kier alpha value is -1.70. The Balaban J connectivity index is 2.74. The van der Waals surface area contributed by atoms with E-state index in [4.69, 9.17) is 33.8 Å². The highest BCUT2D eigenvalue weighted by Crippen LogP contribution is 2.52. The summed E-state index contributed by atoms with van der Waals surface area (Å²) in [5.41, 5.74) is 1.91. The summed E-state index contributed by atoms with van der Waals surface area (Å²) < 4.78 is 4.91. The molecule has 0 spiro atoms. The zero-order chi connectivity index (χ0) is 14.3. The molecule has 1 heterocycles. The maximum Gasteiger partial charge on any atom is 0.251 e. The zero-order valence-electron chi connectivity index (χ0n) is 9.58. The lowest BCUT2D eigenvalue weighted by Gasteiger charge is -2.14. The summed E-state index contributed by atoms with van der Waals surface area (Å²) in [7, 11) is 1.27. The predicted octanol–water partition coefficient (Wildman–Crippen LogP) is 0.733. The summed E-state index contributed by atoms with van der Waals surface area (Å²) >= 11 is 11.9. The molecule has 0 aliphatic carbocycles. The van der Waals surface area contributed by atoms with E-state index >= 15 is 0 Å². The molecule has 1 aromatic rings. The summed E-state index contributed by atoms with van der Waals surface area (Å²) in [6.45, 7) is 0. The van der Waals surface area contributed by atoms with Crippen LogP contribution >= 0.6 is 23.2 Å². The van der Waals surface area contributed by atoms with Gasteiger partial charge in [0, 0.05) is 5.56 Å². The average molecular weight is 306 g/mol. The maximum atomic E-state index is 11.8. The number of ether oxygens (including phenoxy) is 1. The summed E-state index contributed by atoms with van der Waals surface area (Å²) in [5, 5.41) is 12.4. The molecule has 2 amide bonds. The van der Waals surface area contributed by atoms with Crippen LogP contribution in [-0.4, -0.2) is 24.0 Å². The first-order chi connectivity index (χ1) is 8.93. The molecule has 0 radical (unpaired) electrons. The molecule has 0 saturated heterocycles. The number of nitrogens with two attached hydrogens (primary N) is 1. The first-order valence-electron chi connectivity index (χ1n) is 5.03. The van der Waals surface area contributed by atoms with Crippen LogP contribution in [0.25, 0.3) is 0 Å². The number of anilines is 1. The van der Waals surface area contributed by atoms with E-state index in [2.05, 4.69) is 5.32 Å². The minimum absolute atomic E-state index is 0.0146. The van der Waals surface area contributed by atoms with Gasteiger partial charge in [0.15, 0.2) is 11.5 Å². The Morgan fingerprint density at radius 3 is 2.63 bits per heavy atom. The van der Waals surface area contributed by atoms with E-state index in [0.29, 0.717) is 0 Å². The number of methoxy groups -OCH3 is 1. The number of hydrogen-bond donors (Lipinski definition) is 4. The molecule has 0 aromatic heterocycles. The molecule has 1 aliphatic rings. The molecule has 1 aliphatic heterocycles. The van der Waals surface area contributed by atoms with Crippen LogP contribution in [-0.2, 0) is 9.59 Å². The molecule has 1 aromatic carbocycles. The Morgan fingerprint density at radius 2 is 2.11 bits per heavy atom. The van der Waals surface area contributed by atoms with Crippen molar-refractivity contribution in [2.24, 2.45) is 5.84 Å². The van der Waals surface area contributed by atoms with E-state index in [1.807, 2.05) is 5.43 Å². The van der Waals surface area contributed by atoms with Crippen LogP contribution in [0.1, 0.15) is 11.5 Å². The van der Waals surface area contributed by atoms with Gasteiger partial charge in [0.2, 0.25) is 5.91 Å². The van der Waals surface area contributed by atoms with Crippen molar-refractivity contribution in [2.75, 3.05) is 12.4 Å². The third-order valence-electron chi connectivity index (χ3n) is 2.76. The molecular formula is C10H9Cl2N3O4. The number of fused-ring (bicyclic) bond motifs is 1. The molecule has 0 saturated carbocycles. The summed E-state index contributed by atoms with van der Waals surface area (Å²) in [5.74, 6) is 1.69. The van der Waals surface area contributed by atoms with Gasteiger partial charge in [-0.25, -0.2) is 5.84 Å².